The number of amides is 2. The van der Waals surface area contributed by atoms with E-state index in [4.69, 9.17) is 9.47 Å². The van der Waals surface area contributed by atoms with Crippen molar-refractivity contribution in [3.8, 4) is 5.75 Å². The summed E-state index contributed by atoms with van der Waals surface area (Å²) >= 11 is 0. The number of benzene rings is 1. The van der Waals surface area contributed by atoms with Crippen LogP contribution in [0.25, 0.3) is 0 Å². The fourth-order valence-corrected chi connectivity index (χ4v) is 5.33. The number of carbonyl (C=O) groups is 3. The van der Waals surface area contributed by atoms with Crippen LogP contribution in [-0.4, -0.2) is 114 Å². The van der Waals surface area contributed by atoms with Gasteiger partial charge < -0.3 is 19.3 Å². The molecule has 210 valence electrons. The molecule has 9 nitrogen and oxygen atoms in total. The molecular weight excluding hydrogens is 484 g/mol. The second-order valence-electron chi connectivity index (χ2n) is 10.6. The van der Waals surface area contributed by atoms with E-state index >= 15 is 0 Å². The monoisotopic (exact) mass is 528 g/mol. The van der Waals surface area contributed by atoms with Crippen molar-refractivity contribution in [1.29, 1.82) is 0 Å². The van der Waals surface area contributed by atoms with E-state index in [1.807, 2.05) is 35.2 Å². The molecule has 2 aliphatic heterocycles. The summed E-state index contributed by atoms with van der Waals surface area (Å²) in [6, 6.07) is 10.5. The molecule has 0 saturated carbocycles. The molecule has 2 aliphatic rings. The Kier molecular flexibility index (Phi) is 11.2. The van der Waals surface area contributed by atoms with Crippen molar-refractivity contribution in [3.05, 3.63) is 42.5 Å². The van der Waals surface area contributed by atoms with Crippen LogP contribution in [0.3, 0.4) is 0 Å². The summed E-state index contributed by atoms with van der Waals surface area (Å²) in [5.74, 6) is 0.0239. The first kappa shape index (κ1) is 29.6. The maximum atomic E-state index is 12.6. The Morgan fingerprint density at radius 3 is 2.18 bits per heavy atom. The molecule has 1 aromatic carbocycles. The second-order valence-corrected chi connectivity index (χ2v) is 10.6. The minimum atomic E-state index is -0.499. The highest BCUT2D eigenvalue weighted by atomic mass is 16.5. The molecule has 2 saturated heterocycles. The Labute approximate surface area is 227 Å². The molecule has 0 aliphatic carbocycles. The molecule has 3 unspecified atom stereocenters. The molecular formula is C29H44N4O5. The molecule has 0 spiro atoms. The zero-order valence-electron chi connectivity index (χ0n) is 23.5. The zero-order chi connectivity index (χ0) is 27.7. The molecule has 3 rings (SSSR count). The summed E-state index contributed by atoms with van der Waals surface area (Å²) in [4.78, 5) is 45.6. The van der Waals surface area contributed by atoms with Crippen LogP contribution in [0, 0.1) is 0 Å². The van der Waals surface area contributed by atoms with E-state index in [1.165, 1.54) is 12.2 Å². The molecule has 0 N–H and O–H groups in total. The van der Waals surface area contributed by atoms with Crippen molar-refractivity contribution in [1.82, 2.24) is 19.6 Å². The van der Waals surface area contributed by atoms with Gasteiger partial charge in [-0.1, -0.05) is 18.2 Å². The van der Waals surface area contributed by atoms with Crippen LogP contribution >= 0.6 is 0 Å². The van der Waals surface area contributed by atoms with Crippen molar-refractivity contribution < 1.29 is 23.9 Å². The maximum Gasteiger partial charge on any atom is 0.330 e. The Balaban J connectivity index is 1.34. The molecule has 0 radical (unpaired) electrons. The van der Waals surface area contributed by atoms with Gasteiger partial charge in [0.15, 0.2) is 6.61 Å². The lowest BCUT2D eigenvalue weighted by Crippen LogP contribution is -2.57. The first-order valence-electron chi connectivity index (χ1n) is 13.8. The van der Waals surface area contributed by atoms with E-state index in [0.717, 1.165) is 13.1 Å². The minimum Gasteiger partial charge on any atom is -0.484 e. The number of para-hydroxylation sites is 1. The highest BCUT2D eigenvalue weighted by molar-refractivity contribution is 5.94. The van der Waals surface area contributed by atoms with Crippen LogP contribution in [-0.2, 0) is 19.1 Å². The first-order valence-corrected chi connectivity index (χ1v) is 13.8. The number of hydrogen-bond donors (Lipinski definition) is 0. The standard InChI is InChI=1S/C29H44N4O5/c1-22(2)32-16-14-30(19-24(32)4)27(34)11-12-29(36)37-18-13-23(3)33-17-15-31(20-25(33)5)28(35)21-38-26-9-7-6-8-10-26/h6-12,22-25H,13-21H2,1-5H3/b12-11+. The quantitative estimate of drug-likeness (QED) is 0.341. The third kappa shape index (κ3) is 8.56. The van der Waals surface area contributed by atoms with Gasteiger partial charge in [0.2, 0.25) is 5.91 Å². The van der Waals surface area contributed by atoms with Crippen molar-refractivity contribution >= 4 is 17.8 Å². The molecule has 0 aromatic heterocycles. The largest absolute Gasteiger partial charge is 0.484 e. The topological polar surface area (TPSA) is 82.6 Å². The number of esters is 1. The second kappa shape index (κ2) is 14.3. The molecule has 2 heterocycles. The highest BCUT2D eigenvalue weighted by Gasteiger charge is 2.30. The minimum absolute atomic E-state index is 0.0143. The highest BCUT2D eigenvalue weighted by Crippen LogP contribution is 2.17. The predicted molar refractivity (Wildman–Crippen MR) is 147 cm³/mol. The van der Waals surface area contributed by atoms with Crippen LogP contribution in [0.2, 0.25) is 0 Å². The lowest BCUT2D eigenvalue weighted by molar-refractivity contribution is -0.140. The van der Waals surface area contributed by atoms with Crippen molar-refractivity contribution in [3.63, 3.8) is 0 Å². The van der Waals surface area contributed by atoms with Crippen LogP contribution in [0.4, 0.5) is 0 Å². The van der Waals surface area contributed by atoms with Gasteiger partial charge in [-0.05, 0) is 53.2 Å². The summed E-state index contributed by atoms with van der Waals surface area (Å²) in [5.41, 5.74) is 0. The number of piperazine rings is 2. The van der Waals surface area contributed by atoms with E-state index in [2.05, 4.69) is 44.4 Å². The van der Waals surface area contributed by atoms with Gasteiger partial charge in [0.1, 0.15) is 5.75 Å². The van der Waals surface area contributed by atoms with Gasteiger partial charge in [-0.3, -0.25) is 19.4 Å². The van der Waals surface area contributed by atoms with Crippen LogP contribution in [0.5, 0.6) is 5.75 Å². The zero-order valence-corrected chi connectivity index (χ0v) is 23.5. The average molecular weight is 529 g/mol. The molecule has 3 atom stereocenters. The first-order chi connectivity index (χ1) is 18.2. The van der Waals surface area contributed by atoms with Crippen molar-refractivity contribution in [2.75, 3.05) is 52.5 Å². The Hall–Kier alpha value is -2.91. The Bertz CT molecular complexity index is 954. The van der Waals surface area contributed by atoms with Gasteiger partial charge in [-0.2, -0.15) is 0 Å². The molecule has 2 fully saturated rings. The molecule has 9 heteroatoms. The molecule has 2 amide bonds. The van der Waals surface area contributed by atoms with Crippen LogP contribution in [0.15, 0.2) is 42.5 Å². The van der Waals surface area contributed by atoms with Crippen molar-refractivity contribution in [2.24, 2.45) is 0 Å². The van der Waals surface area contributed by atoms with E-state index < -0.39 is 5.97 Å². The van der Waals surface area contributed by atoms with Gasteiger partial charge in [-0.25, -0.2) is 4.79 Å². The molecule has 38 heavy (non-hydrogen) atoms. The van der Waals surface area contributed by atoms with Gasteiger partial charge in [0.05, 0.1) is 6.61 Å². The van der Waals surface area contributed by atoms with Gasteiger partial charge in [0.25, 0.3) is 5.91 Å². The summed E-state index contributed by atoms with van der Waals surface area (Å²) < 4.78 is 11.0. The molecule has 0 bridgehead atoms. The fourth-order valence-electron chi connectivity index (χ4n) is 5.33. The SMILES string of the molecule is CC(C)N1CCN(C(=O)/C=C/C(=O)OCCC(C)N2CCN(C(=O)COc3ccccc3)CC2C)CC1C. The third-order valence-electron chi connectivity index (χ3n) is 7.50. The number of ether oxygens (including phenoxy) is 2. The van der Waals surface area contributed by atoms with E-state index in [9.17, 15) is 14.4 Å². The summed E-state index contributed by atoms with van der Waals surface area (Å²) in [7, 11) is 0. The van der Waals surface area contributed by atoms with Crippen LogP contribution in [0.1, 0.15) is 41.0 Å². The van der Waals surface area contributed by atoms with Crippen LogP contribution < -0.4 is 4.74 Å². The Morgan fingerprint density at radius 2 is 1.53 bits per heavy atom. The predicted octanol–water partition coefficient (Wildman–Crippen LogP) is 2.42. The van der Waals surface area contributed by atoms with E-state index in [1.54, 1.807) is 4.90 Å². The summed E-state index contributed by atoms with van der Waals surface area (Å²) in [6.07, 6.45) is 3.23. The fraction of sp³-hybridized carbons (Fsp3) is 0.621. The summed E-state index contributed by atoms with van der Waals surface area (Å²) in [5, 5.41) is 0. The lowest BCUT2D eigenvalue weighted by atomic mass is 10.1. The number of carbonyl (C=O) groups excluding carboxylic acids is 3. The van der Waals surface area contributed by atoms with Gasteiger partial charge in [-0.15, -0.1) is 0 Å². The van der Waals surface area contributed by atoms with E-state index in [-0.39, 0.29) is 37.1 Å². The Morgan fingerprint density at radius 1 is 0.895 bits per heavy atom. The number of hydrogen-bond acceptors (Lipinski definition) is 7. The number of rotatable bonds is 10. The van der Waals surface area contributed by atoms with Gasteiger partial charge in [0, 0.05) is 75.6 Å². The number of nitrogens with zero attached hydrogens (tertiary/aromatic N) is 4. The van der Waals surface area contributed by atoms with E-state index in [0.29, 0.717) is 50.4 Å². The smallest absolute Gasteiger partial charge is 0.330 e. The third-order valence-corrected chi connectivity index (χ3v) is 7.50. The molecule has 1 aromatic rings. The van der Waals surface area contributed by atoms with Crippen molar-refractivity contribution in [2.45, 2.75) is 65.2 Å². The average Bonchev–Trinajstić information content (AvgIpc) is 2.90. The maximum absolute atomic E-state index is 12.6. The van der Waals surface area contributed by atoms with Gasteiger partial charge >= 0.3 is 5.97 Å². The normalized spacial score (nSPS) is 22.1. The lowest BCUT2D eigenvalue weighted by Gasteiger charge is -2.43. The summed E-state index contributed by atoms with van der Waals surface area (Å²) in [6.45, 7) is 15.2.